The highest BCUT2D eigenvalue weighted by Crippen LogP contribution is 2.37. The molecule has 2 aromatic carbocycles. The third-order valence-electron chi connectivity index (χ3n) is 5.72. The van der Waals surface area contributed by atoms with E-state index in [4.69, 9.17) is 4.43 Å². The molecular weight excluding hydrogens is 334 g/mol. The number of hydrogen-bond donors (Lipinski definition) is 1. The average Bonchev–Trinajstić information content (AvgIpc) is 2.66. The van der Waals surface area contributed by atoms with E-state index in [2.05, 4.69) is 86.8 Å². The highest BCUT2D eigenvalue weighted by Gasteiger charge is 2.50. The van der Waals surface area contributed by atoms with Gasteiger partial charge in [-0.3, -0.25) is 0 Å². The maximum absolute atomic E-state index is 6.99. The number of piperidine rings is 1. The monoisotopic (exact) mass is 367 g/mol. The van der Waals surface area contributed by atoms with Crippen LogP contribution >= 0.6 is 0 Å². The van der Waals surface area contributed by atoms with E-state index in [0.717, 1.165) is 25.6 Å². The molecule has 1 saturated heterocycles. The van der Waals surface area contributed by atoms with Gasteiger partial charge >= 0.3 is 0 Å². The van der Waals surface area contributed by atoms with E-state index in [1.807, 2.05) is 0 Å². The zero-order chi connectivity index (χ0) is 18.5. The van der Waals surface area contributed by atoms with Gasteiger partial charge in [-0.05, 0) is 53.7 Å². The largest absolute Gasteiger partial charge is 0.407 e. The Balaban J connectivity index is 1.92. The van der Waals surface area contributed by atoms with Crippen molar-refractivity contribution in [3.05, 3.63) is 60.7 Å². The van der Waals surface area contributed by atoms with Crippen LogP contribution in [0.3, 0.4) is 0 Å². The van der Waals surface area contributed by atoms with Crippen LogP contribution in [-0.4, -0.2) is 28.0 Å². The van der Waals surface area contributed by atoms with Crippen molar-refractivity contribution in [2.45, 2.75) is 45.1 Å². The van der Waals surface area contributed by atoms with Crippen molar-refractivity contribution >= 4 is 18.7 Å². The standard InChI is InChI=1S/C23H33NOSi/c1-23(2,3)26(21-10-6-4-7-11-21,22-12-8-5-9-13-22)25-19-16-20-14-17-24-18-15-20/h4-13,20,24H,14-19H2,1-3H3. The Hall–Kier alpha value is -1.42. The molecule has 0 spiro atoms. The van der Waals surface area contributed by atoms with E-state index >= 15 is 0 Å². The van der Waals surface area contributed by atoms with E-state index < -0.39 is 8.32 Å². The maximum atomic E-state index is 6.99. The van der Waals surface area contributed by atoms with Crippen molar-refractivity contribution in [1.82, 2.24) is 5.32 Å². The molecule has 0 bridgehead atoms. The van der Waals surface area contributed by atoms with Crippen LogP contribution < -0.4 is 15.7 Å². The zero-order valence-corrected chi connectivity index (χ0v) is 17.5. The molecule has 2 nitrogen and oxygen atoms in total. The summed E-state index contributed by atoms with van der Waals surface area (Å²) in [5, 5.41) is 6.30. The summed E-state index contributed by atoms with van der Waals surface area (Å²) in [7, 11) is -2.35. The van der Waals surface area contributed by atoms with Crippen molar-refractivity contribution in [3.8, 4) is 0 Å². The minimum Gasteiger partial charge on any atom is -0.407 e. The molecule has 3 heteroatoms. The summed E-state index contributed by atoms with van der Waals surface area (Å²) < 4.78 is 6.99. The van der Waals surface area contributed by atoms with E-state index in [9.17, 15) is 0 Å². The summed E-state index contributed by atoms with van der Waals surface area (Å²) in [4.78, 5) is 0. The van der Waals surface area contributed by atoms with Crippen LogP contribution in [-0.2, 0) is 4.43 Å². The number of nitrogens with one attached hydrogen (secondary N) is 1. The quantitative estimate of drug-likeness (QED) is 0.781. The van der Waals surface area contributed by atoms with E-state index in [-0.39, 0.29) is 5.04 Å². The van der Waals surface area contributed by atoms with Gasteiger partial charge in [0.1, 0.15) is 0 Å². The van der Waals surface area contributed by atoms with Crippen LogP contribution in [0.15, 0.2) is 60.7 Å². The summed E-state index contributed by atoms with van der Waals surface area (Å²) in [6.07, 6.45) is 3.74. The molecule has 3 rings (SSSR count). The maximum Gasteiger partial charge on any atom is 0.261 e. The lowest BCUT2D eigenvalue weighted by atomic mass is 9.95. The van der Waals surface area contributed by atoms with Gasteiger partial charge in [-0.2, -0.15) is 0 Å². The van der Waals surface area contributed by atoms with Crippen LogP contribution in [0, 0.1) is 5.92 Å². The smallest absolute Gasteiger partial charge is 0.261 e. The molecule has 1 fully saturated rings. The Morgan fingerprint density at radius 1 is 0.885 bits per heavy atom. The Morgan fingerprint density at radius 3 is 1.85 bits per heavy atom. The van der Waals surface area contributed by atoms with Gasteiger partial charge in [0, 0.05) is 6.61 Å². The molecule has 26 heavy (non-hydrogen) atoms. The second-order valence-electron chi connectivity index (χ2n) is 8.49. The summed E-state index contributed by atoms with van der Waals surface area (Å²) in [6, 6.07) is 21.9. The first kappa shape index (κ1) is 19.3. The predicted octanol–water partition coefficient (Wildman–Crippen LogP) is 3.95. The summed E-state index contributed by atoms with van der Waals surface area (Å²) in [5.41, 5.74) is 0. The first-order valence-electron chi connectivity index (χ1n) is 10.00. The topological polar surface area (TPSA) is 21.3 Å². The minimum atomic E-state index is -2.35. The van der Waals surface area contributed by atoms with Crippen LogP contribution in [0.1, 0.15) is 40.0 Å². The zero-order valence-electron chi connectivity index (χ0n) is 16.5. The molecule has 1 aliphatic rings. The summed E-state index contributed by atoms with van der Waals surface area (Å²) in [6.45, 7) is 10.2. The lowest BCUT2D eigenvalue weighted by Crippen LogP contribution is -2.66. The highest BCUT2D eigenvalue weighted by molar-refractivity contribution is 6.99. The molecule has 0 aromatic heterocycles. The fourth-order valence-corrected chi connectivity index (χ4v) is 8.89. The van der Waals surface area contributed by atoms with Gasteiger partial charge in [0.25, 0.3) is 8.32 Å². The molecule has 0 amide bonds. The molecule has 0 unspecified atom stereocenters. The van der Waals surface area contributed by atoms with Crippen molar-refractivity contribution in [2.24, 2.45) is 5.92 Å². The Bertz CT molecular complexity index is 620. The van der Waals surface area contributed by atoms with Crippen molar-refractivity contribution in [3.63, 3.8) is 0 Å². The minimum absolute atomic E-state index is 0.0732. The van der Waals surface area contributed by atoms with Crippen LogP contribution in [0.4, 0.5) is 0 Å². The molecule has 1 N–H and O–H groups in total. The van der Waals surface area contributed by atoms with Crippen molar-refractivity contribution < 1.29 is 4.43 Å². The summed E-state index contributed by atoms with van der Waals surface area (Å²) >= 11 is 0. The average molecular weight is 368 g/mol. The second-order valence-corrected chi connectivity index (χ2v) is 12.8. The number of benzene rings is 2. The third kappa shape index (κ3) is 4.11. The van der Waals surface area contributed by atoms with Gasteiger partial charge in [-0.25, -0.2) is 0 Å². The van der Waals surface area contributed by atoms with Gasteiger partial charge in [0.15, 0.2) is 0 Å². The van der Waals surface area contributed by atoms with E-state index in [1.165, 1.54) is 29.6 Å². The van der Waals surface area contributed by atoms with Crippen molar-refractivity contribution in [2.75, 3.05) is 19.7 Å². The number of rotatable bonds is 6. The molecule has 0 saturated carbocycles. The Morgan fingerprint density at radius 2 is 1.38 bits per heavy atom. The van der Waals surface area contributed by atoms with E-state index in [0.29, 0.717) is 0 Å². The molecule has 0 radical (unpaired) electrons. The fraction of sp³-hybridized carbons (Fsp3) is 0.478. The molecular formula is C23H33NOSi. The first-order chi connectivity index (χ1) is 12.5. The third-order valence-corrected chi connectivity index (χ3v) is 10.8. The van der Waals surface area contributed by atoms with E-state index in [1.54, 1.807) is 0 Å². The van der Waals surface area contributed by atoms with Crippen molar-refractivity contribution in [1.29, 1.82) is 0 Å². The van der Waals surface area contributed by atoms with Gasteiger partial charge in [-0.1, -0.05) is 81.4 Å². The number of hydrogen-bond acceptors (Lipinski definition) is 2. The molecule has 0 atom stereocenters. The Kier molecular flexibility index (Phi) is 6.33. The molecule has 2 aromatic rings. The van der Waals surface area contributed by atoms with Crippen LogP contribution in [0.5, 0.6) is 0 Å². The highest BCUT2D eigenvalue weighted by atomic mass is 28.4. The lowest BCUT2D eigenvalue weighted by Gasteiger charge is -2.43. The van der Waals surface area contributed by atoms with Crippen LogP contribution in [0.25, 0.3) is 0 Å². The molecule has 0 aliphatic carbocycles. The molecule has 1 heterocycles. The van der Waals surface area contributed by atoms with Gasteiger partial charge in [0.2, 0.25) is 0 Å². The normalized spacial score (nSPS) is 16.6. The molecule has 1 aliphatic heterocycles. The molecule has 140 valence electrons. The van der Waals surface area contributed by atoms with Gasteiger partial charge in [-0.15, -0.1) is 0 Å². The van der Waals surface area contributed by atoms with Crippen LogP contribution in [0.2, 0.25) is 5.04 Å². The van der Waals surface area contributed by atoms with Gasteiger partial charge < -0.3 is 9.74 Å². The fourth-order valence-electron chi connectivity index (χ4n) is 4.31. The lowest BCUT2D eigenvalue weighted by molar-refractivity contribution is 0.241. The SMILES string of the molecule is CC(C)(C)[Si](OCCC1CCNCC1)(c1ccccc1)c1ccccc1. The van der Waals surface area contributed by atoms with Gasteiger partial charge in [0.05, 0.1) is 0 Å². The predicted molar refractivity (Wildman–Crippen MR) is 114 cm³/mol. The second kappa shape index (κ2) is 8.51. The Labute approximate surface area is 160 Å². The summed E-state index contributed by atoms with van der Waals surface area (Å²) in [5.74, 6) is 0.800. The first-order valence-corrected chi connectivity index (χ1v) is 11.9.